The van der Waals surface area contributed by atoms with Crippen molar-refractivity contribution in [3.8, 4) is 0 Å². The zero-order valence-electron chi connectivity index (χ0n) is 9.77. The molecule has 0 amide bonds. The van der Waals surface area contributed by atoms with Gasteiger partial charge in [-0.05, 0) is 56.8 Å². The molecule has 0 aromatic heterocycles. The Morgan fingerprint density at radius 3 is 1.18 bits per heavy atom. The minimum atomic E-state index is -0.559. The van der Waals surface area contributed by atoms with E-state index in [2.05, 4.69) is 80.4 Å². The fourth-order valence-corrected chi connectivity index (χ4v) is 138. The molecule has 0 saturated heterocycles. The van der Waals surface area contributed by atoms with Crippen LogP contribution in [-0.2, 0) is 0 Å². The van der Waals surface area contributed by atoms with Gasteiger partial charge < -0.3 is 0 Å². The van der Waals surface area contributed by atoms with E-state index < -0.39 is 7.90 Å². The van der Waals surface area contributed by atoms with Crippen molar-refractivity contribution in [2.75, 3.05) is 0 Å². The molecule has 104 valence electrons. The Morgan fingerprint density at radius 2 is 0.941 bits per heavy atom. The highest BCUT2D eigenvalue weighted by Crippen LogP contribution is 3.19. The maximum atomic E-state index is 8.89. The first-order chi connectivity index (χ1) is 8.11. The summed E-state index contributed by atoms with van der Waals surface area (Å²) in [6.07, 6.45) is 0. The average molecular weight is 548 g/mol. The molecule has 17 heavy (non-hydrogen) atoms. The summed E-state index contributed by atoms with van der Waals surface area (Å²) in [6.45, 7) is -0.753. The van der Waals surface area contributed by atoms with Gasteiger partial charge in [-0.15, -0.1) is 80.4 Å². The zero-order chi connectivity index (χ0) is 14.6. The lowest BCUT2D eigenvalue weighted by atomic mass is 28.7. The third-order valence-electron chi connectivity index (χ3n) is 1.20. The second-order valence-corrected chi connectivity index (χ2v) is 66.6. The largest absolute Gasteiger partial charge is 0.102 e. The molecular weight excluding hydrogens is 527 g/mol. The van der Waals surface area contributed by atoms with Crippen molar-refractivity contribution >= 4 is 137 Å². The Kier molecular flexibility index (Phi) is 17.8. The normalized spacial score (nSPS) is 19.3. The molecule has 0 aliphatic rings. The van der Waals surface area contributed by atoms with Crippen LogP contribution >= 0.6 is 137 Å². The van der Waals surface area contributed by atoms with Crippen LogP contribution < -0.4 is 0 Å². The second kappa shape index (κ2) is 13.5. The van der Waals surface area contributed by atoms with Gasteiger partial charge in [0.15, 0.2) is 0 Å². The van der Waals surface area contributed by atoms with Crippen molar-refractivity contribution in [2.24, 2.45) is 0 Å². The Hall–Kier alpha value is 7.31. The lowest BCUT2D eigenvalue weighted by Crippen LogP contribution is -1.46. The maximum absolute atomic E-state index is 8.89. The summed E-state index contributed by atoms with van der Waals surface area (Å²) < 4.78 is 8.89. The summed E-state index contributed by atoms with van der Waals surface area (Å²) in [7, 11) is 26.5. The quantitative estimate of drug-likeness (QED) is 0.278. The fraction of sp³-hybridized carbons (Fsp3) is 0. The van der Waals surface area contributed by atoms with Crippen molar-refractivity contribution in [3.05, 3.63) is 0 Å². The fourth-order valence-electron chi connectivity index (χ4n) is 0.569. The molecule has 17 heteroatoms. The smallest absolute Gasteiger partial charge is 0.0690 e. The van der Waals surface area contributed by atoms with Crippen LogP contribution in [0.25, 0.3) is 0 Å². The predicted octanol–water partition coefficient (Wildman–Crippen LogP) is 9.55. The molecule has 0 bridgehead atoms. The van der Waals surface area contributed by atoms with E-state index in [1.165, 1.54) is 0 Å². The van der Waals surface area contributed by atoms with E-state index in [0.717, 1.165) is 0 Å². The summed E-state index contributed by atoms with van der Waals surface area (Å²) >= 11 is 0. The molecule has 0 fully saturated rings. The average Bonchev–Trinajstić information content (AvgIpc) is 2.15. The van der Waals surface area contributed by atoms with E-state index >= 15 is 0 Å². The molecule has 0 N–H and O–H groups in total. The molecule has 0 nitrogen and oxygen atoms in total. The summed E-state index contributed by atoms with van der Waals surface area (Å²) in [5, 5.41) is 0. The third kappa shape index (κ3) is 10.8. The molecule has 0 saturated carbocycles. The van der Waals surface area contributed by atoms with Gasteiger partial charge in [-0.25, -0.2) is 0 Å². The predicted molar refractivity (Wildman–Crippen MR) is 144 cm³/mol. The van der Waals surface area contributed by atoms with E-state index in [1.54, 1.807) is 0 Å². The number of rotatable bonds is 7. The summed E-state index contributed by atoms with van der Waals surface area (Å²) in [5.41, 5.74) is 0. The van der Waals surface area contributed by atoms with Crippen molar-refractivity contribution < 1.29 is 0 Å². The van der Waals surface area contributed by atoms with Gasteiger partial charge in [0, 0.05) is 0 Å². The minimum Gasteiger partial charge on any atom is -0.102 e. The Morgan fingerprint density at radius 1 is 0.588 bits per heavy atom. The molecule has 0 spiro atoms. The summed E-state index contributed by atoms with van der Waals surface area (Å²) in [5.74, 6) is 0. The first-order valence-corrected chi connectivity index (χ1v) is 33.5. The molecule has 0 aliphatic heterocycles. The van der Waals surface area contributed by atoms with E-state index in [1.807, 2.05) is 0 Å². The van der Waals surface area contributed by atoms with Crippen molar-refractivity contribution in [1.29, 1.82) is 1.28 Å². The standard InChI is InChI=1S/H19P17/c1-11(2)15(9)17(14(7)8)10-16(12(3)4)13(5)6/h10H,1-9H2/i10T. The highest BCUT2D eigenvalue weighted by molar-refractivity contribution is 9.25. The zero-order valence-corrected chi connectivity index (χ0v) is 26.3. The van der Waals surface area contributed by atoms with Gasteiger partial charge in [0.05, 0.1) is 1.28 Å². The molecule has 0 aliphatic carbocycles. The van der Waals surface area contributed by atoms with Crippen LogP contribution in [0.5, 0.6) is 0 Å². The van der Waals surface area contributed by atoms with Gasteiger partial charge in [0.1, 0.15) is 0 Å². The molecule has 0 aromatic carbocycles. The van der Waals surface area contributed by atoms with Gasteiger partial charge in [0.25, 0.3) is 0 Å². The summed E-state index contributed by atoms with van der Waals surface area (Å²) in [6, 6.07) is 0. The monoisotopic (exact) mass is 548 g/mol. The Labute approximate surface area is 137 Å². The van der Waals surface area contributed by atoms with E-state index in [0.29, 0.717) is 0 Å². The second-order valence-electron chi connectivity index (χ2n) is 2.47. The molecule has 12 atom stereocenters. The molecule has 0 aromatic rings. The van der Waals surface area contributed by atoms with Gasteiger partial charge >= 0.3 is 0 Å². The minimum absolute atomic E-state index is 0.0560. The van der Waals surface area contributed by atoms with Crippen LogP contribution in [0.3, 0.4) is 0 Å². The van der Waals surface area contributed by atoms with Crippen molar-refractivity contribution in [1.82, 2.24) is 0 Å². The van der Waals surface area contributed by atoms with E-state index in [-0.39, 0.29) is 48.9 Å². The van der Waals surface area contributed by atoms with Crippen LogP contribution in [0.1, 0.15) is 0 Å². The van der Waals surface area contributed by atoms with Gasteiger partial charge in [-0.2, -0.15) is 0 Å². The van der Waals surface area contributed by atoms with Gasteiger partial charge in [-0.1, -0.05) is 0 Å². The van der Waals surface area contributed by atoms with Crippen LogP contribution in [0.4, 0.5) is 0 Å². The van der Waals surface area contributed by atoms with Crippen LogP contribution in [0.2, 0.25) is 0 Å². The van der Waals surface area contributed by atoms with Crippen molar-refractivity contribution in [2.45, 2.75) is 0 Å². The molecule has 0 radical (unpaired) electrons. The van der Waals surface area contributed by atoms with Crippen molar-refractivity contribution in [3.63, 3.8) is 0 Å². The topological polar surface area (TPSA) is 0 Å². The first-order valence-electron chi connectivity index (χ1n) is 4.17. The number of hydrogen-bond acceptors (Lipinski definition) is 0. The van der Waals surface area contributed by atoms with Crippen LogP contribution in [0.15, 0.2) is 0 Å². The van der Waals surface area contributed by atoms with E-state index in [4.69, 9.17) is 1.28 Å². The van der Waals surface area contributed by atoms with E-state index in [9.17, 15) is 0 Å². The van der Waals surface area contributed by atoms with Gasteiger partial charge in [-0.3, -0.25) is 0 Å². The SMILES string of the molecule is [3H]P(P(P(P)P)P(P)P)P(P(P)P)P(P)P(P)P. The highest BCUT2D eigenvalue weighted by atomic mass is 33.3. The molecule has 12 unspecified atom stereocenters. The number of hydrogen-bond donors (Lipinski definition) is 0. The Bertz CT molecular complexity index is 210. The maximum Gasteiger partial charge on any atom is 0.0690 e. The highest BCUT2D eigenvalue weighted by Gasteiger charge is 2.29. The lowest BCUT2D eigenvalue weighted by molar-refractivity contribution is 4.60. The van der Waals surface area contributed by atoms with Gasteiger partial charge in [0.2, 0.25) is 0 Å². The van der Waals surface area contributed by atoms with Crippen LogP contribution in [0, 0.1) is 0 Å². The molecular formula is H19P17. The lowest BCUT2D eigenvalue weighted by Gasteiger charge is -2.35. The first kappa shape index (κ1) is 22.4. The summed E-state index contributed by atoms with van der Waals surface area (Å²) in [4.78, 5) is 0. The third-order valence-corrected chi connectivity index (χ3v) is 97.2. The van der Waals surface area contributed by atoms with Crippen LogP contribution in [-0.4, -0.2) is 1.28 Å². The Balaban J connectivity index is 5.11. The molecule has 0 heterocycles. The molecule has 0 rings (SSSR count).